The lowest BCUT2D eigenvalue weighted by Crippen LogP contribution is -2.31. The highest BCUT2D eigenvalue weighted by Gasteiger charge is 2.34. The summed E-state index contributed by atoms with van der Waals surface area (Å²) in [4.78, 5) is 34.1. The van der Waals surface area contributed by atoms with Crippen LogP contribution in [-0.2, 0) is 24.3 Å². The van der Waals surface area contributed by atoms with E-state index in [4.69, 9.17) is 9.84 Å². The molecular weight excluding hydrogens is 438 g/mol. The highest BCUT2D eigenvalue weighted by molar-refractivity contribution is 7.92. The van der Waals surface area contributed by atoms with E-state index in [9.17, 15) is 18.0 Å². The van der Waals surface area contributed by atoms with E-state index in [2.05, 4.69) is 20.0 Å². The van der Waals surface area contributed by atoms with Gasteiger partial charge in [-0.1, -0.05) is 0 Å². The highest BCUT2D eigenvalue weighted by Crippen LogP contribution is 2.24. The molecule has 2 aromatic rings. The summed E-state index contributed by atoms with van der Waals surface area (Å²) in [5, 5.41) is 12.0. The number of β-amino-alcohol motifs (C(OH)–C–C–N with tert-alkyl or cyclic N) is 1. The zero-order chi connectivity index (χ0) is 23.5. The van der Waals surface area contributed by atoms with Crippen molar-refractivity contribution in [3.63, 3.8) is 0 Å². The zero-order valence-corrected chi connectivity index (χ0v) is 18.6. The van der Waals surface area contributed by atoms with Crippen molar-refractivity contribution in [2.75, 3.05) is 36.8 Å². The van der Waals surface area contributed by atoms with Gasteiger partial charge in [-0.2, -0.15) is 0 Å². The summed E-state index contributed by atoms with van der Waals surface area (Å²) >= 11 is 0. The molecule has 0 radical (unpaired) electrons. The number of benzene rings is 1. The zero-order valence-electron chi connectivity index (χ0n) is 17.7. The van der Waals surface area contributed by atoms with E-state index >= 15 is 0 Å². The number of aryl methyl sites for hydroxylation is 2. The Kier molecular flexibility index (Phi) is 6.75. The Morgan fingerprint density at radius 1 is 1.19 bits per heavy atom. The number of rotatable bonds is 8. The number of aliphatic hydroxyl groups excluding tert-OH is 1. The number of amides is 1. The molecule has 1 aromatic carbocycles. The number of esters is 1. The first-order valence-electron chi connectivity index (χ1n) is 9.58. The number of ether oxygens (including phenoxy) is 1. The van der Waals surface area contributed by atoms with Crippen LogP contribution >= 0.6 is 0 Å². The van der Waals surface area contributed by atoms with Crippen molar-refractivity contribution in [2.45, 2.75) is 18.7 Å². The summed E-state index contributed by atoms with van der Waals surface area (Å²) in [6, 6.07) is 7.33. The van der Waals surface area contributed by atoms with Gasteiger partial charge in [0.2, 0.25) is 5.95 Å². The van der Waals surface area contributed by atoms with E-state index in [0.29, 0.717) is 17.1 Å². The molecule has 3 N–H and O–H groups in total. The van der Waals surface area contributed by atoms with Crippen LogP contribution in [0.3, 0.4) is 0 Å². The molecule has 0 aliphatic carbocycles. The van der Waals surface area contributed by atoms with Crippen LogP contribution in [0, 0.1) is 13.8 Å². The van der Waals surface area contributed by atoms with Crippen LogP contribution in [0.2, 0.25) is 0 Å². The second kappa shape index (κ2) is 9.32. The van der Waals surface area contributed by atoms with Gasteiger partial charge >= 0.3 is 5.97 Å². The number of methoxy groups -OCH3 is 1. The Morgan fingerprint density at radius 3 is 2.38 bits per heavy atom. The minimum absolute atomic E-state index is 0.000686. The smallest absolute Gasteiger partial charge is 0.337 e. The van der Waals surface area contributed by atoms with Crippen molar-refractivity contribution in [2.24, 2.45) is 0 Å². The van der Waals surface area contributed by atoms with Crippen molar-refractivity contribution in [3.8, 4) is 0 Å². The molecule has 2 heterocycles. The molecule has 12 heteroatoms. The van der Waals surface area contributed by atoms with Gasteiger partial charge in [-0.05, 0) is 44.2 Å². The van der Waals surface area contributed by atoms with E-state index in [1.54, 1.807) is 19.9 Å². The molecule has 1 aromatic heterocycles. The molecule has 0 fully saturated rings. The van der Waals surface area contributed by atoms with E-state index in [1.165, 1.54) is 36.3 Å². The first kappa shape index (κ1) is 23.2. The molecule has 32 heavy (non-hydrogen) atoms. The third kappa shape index (κ3) is 5.03. The van der Waals surface area contributed by atoms with Crippen LogP contribution in [-0.4, -0.2) is 67.1 Å². The molecule has 0 bridgehead atoms. The molecule has 11 nitrogen and oxygen atoms in total. The monoisotopic (exact) mass is 461 g/mol. The molecule has 0 unspecified atom stereocenters. The molecular formula is C20H23N5O6S. The van der Waals surface area contributed by atoms with Gasteiger partial charge in [0, 0.05) is 23.6 Å². The van der Waals surface area contributed by atoms with Gasteiger partial charge in [0.15, 0.2) is 0 Å². The van der Waals surface area contributed by atoms with Gasteiger partial charge in [0.1, 0.15) is 5.70 Å². The normalized spacial score (nSPS) is 14.0. The molecule has 1 amide bonds. The number of carbonyl (C=O) groups is 2. The number of sulfonamides is 1. The van der Waals surface area contributed by atoms with Gasteiger partial charge in [0.25, 0.3) is 15.9 Å². The van der Waals surface area contributed by atoms with Crippen molar-refractivity contribution >= 4 is 33.5 Å². The average molecular weight is 462 g/mol. The Morgan fingerprint density at radius 2 is 1.81 bits per heavy atom. The number of aromatic nitrogens is 2. The van der Waals surface area contributed by atoms with Gasteiger partial charge in [-0.25, -0.2) is 27.9 Å². The second-order valence-corrected chi connectivity index (χ2v) is 8.71. The molecule has 0 saturated carbocycles. The van der Waals surface area contributed by atoms with E-state index in [1.807, 2.05) is 0 Å². The summed E-state index contributed by atoms with van der Waals surface area (Å²) < 4.78 is 32.4. The lowest BCUT2D eigenvalue weighted by molar-refractivity contribution is -0.136. The van der Waals surface area contributed by atoms with E-state index in [-0.39, 0.29) is 41.8 Å². The second-order valence-electron chi connectivity index (χ2n) is 7.02. The van der Waals surface area contributed by atoms with Crippen LogP contribution < -0.4 is 10.0 Å². The minimum Gasteiger partial charge on any atom is -0.466 e. The molecule has 1 aliphatic rings. The van der Waals surface area contributed by atoms with Crippen LogP contribution in [0.1, 0.15) is 11.4 Å². The largest absolute Gasteiger partial charge is 0.466 e. The average Bonchev–Trinajstić information content (AvgIpc) is 3.02. The van der Waals surface area contributed by atoms with Crippen LogP contribution in [0.25, 0.3) is 0 Å². The third-order valence-electron chi connectivity index (χ3n) is 4.60. The number of nitrogens with one attached hydrogen (secondary N) is 2. The van der Waals surface area contributed by atoms with Crippen molar-refractivity contribution in [1.82, 2.24) is 14.9 Å². The topological polar surface area (TPSA) is 151 Å². The minimum atomic E-state index is -3.94. The molecule has 170 valence electrons. The van der Waals surface area contributed by atoms with Gasteiger partial charge < -0.3 is 20.1 Å². The predicted molar refractivity (Wildman–Crippen MR) is 115 cm³/mol. The molecule has 1 aliphatic heterocycles. The summed E-state index contributed by atoms with van der Waals surface area (Å²) in [6.45, 7) is 3.28. The lowest BCUT2D eigenvalue weighted by atomic mass is 10.2. The number of hydrogen-bond acceptors (Lipinski definition) is 9. The number of hydrogen-bond donors (Lipinski definition) is 3. The fourth-order valence-electron chi connectivity index (χ4n) is 3.16. The lowest BCUT2D eigenvalue weighted by Gasteiger charge is -2.15. The number of carbonyl (C=O) groups excluding carboxylic acids is 2. The summed E-state index contributed by atoms with van der Waals surface area (Å²) in [5.74, 6) is -1.17. The maximum Gasteiger partial charge on any atom is 0.337 e. The number of aliphatic hydroxyl groups is 1. The first-order valence-corrected chi connectivity index (χ1v) is 11.1. The molecule has 0 atom stereocenters. The van der Waals surface area contributed by atoms with Crippen molar-refractivity contribution in [1.29, 1.82) is 0 Å². The summed E-state index contributed by atoms with van der Waals surface area (Å²) in [5.41, 5.74) is 1.78. The SMILES string of the molecule is COC(=O)C1=C(Nc2ccc(S(=O)(=O)Nc3nc(C)cc(C)n3)cc2)C(=O)N(CCO)C1. The summed E-state index contributed by atoms with van der Waals surface area (Å²) in [7, 11) is -2.73. The Balaban J connectivity index is 1.81. The fourth-order valence-corrected chi connectivity index (χ4v) is 4.11. The van der Waals surface area contributed by atoms with Crippen molar-refractivity contribution < 1.29 is 27.9 Å². The maximum atomic E-state index is 12.7. The Hall–Kier alpha value is -3.51. The van der Waals surface area contributed by atoms with Gasteiger partial charge in [0.05, 0.1) is 30.7 Å². The molecule has 3 rings (SSSR count). The quantitative estimate of drug-likeness (QED) is 0.479. The molecule has 0 saturated heterocycles. The van der Waals surface area contributed by atoms with Crippen LogP contribution in [0.5, 0.6) is 0 Å². The third-order valence-corrected chi connectivity index (χ3v) is 5.94. The first-order chi connectivity index (χ1) is 15.1. The Labute approximate surface area is 185 Å². The van der Waals surface area contributed by atoms with Gasteiger partial charge in [-0.3, -0.25) is 4.79 Å². The van der Waals surface area contributed by atoms with E-state index in [0.717, 1.165) is 0 Å². The van der Waals surface area contributed by atoms with Crippen molar-refractivity contribution in [3.05, 3.63) is 53.0 Å². The maximum absolute atomic E-state index is 12.7. The standard InChI is InChI=1S/C20H23N5O6S/c1-12-10-13(2)22-20(21-12)24-32(29,30)15-6-4-14(5-7-15)23-17-16(19(28)31-3)11-25(8-9-26)18(17)27/h4-7,10,23,26H,8-9,11H2,1-3H3,(H,21,22,24). The number of anilines is 2. The Bertz CT molecular complexity index is 1160. The number of nitrogens with zero attached hydrogens (tertiary/aromatic N) is 3. The summed E-state index contributed by atoms with van der Waals surface area (Å²) in [6.07, 6.45) is 0. The van der Waals surface area contributed by atoms with E-state index < -0.39 is 21.9 Å². The van der Waals surface area contributed by atoms with Gasteiger partial charge in [-0.15, -0.1) is 0 Å². The highest BCUT2D eigenvalue weighted by atomic mass is 32.2. The van der Waals surface area contributed by atoms with Crippen LogP contribution in [0.4, 0.5) is 11.6 Å². The predicted octanol–water partition coefficient (Wildman–Crippen LogP) is 0.568. The van der Waals surface area contributed by atoms with Crippen LogP contribution in [0.15, 0.2) is 46.5 Å². The molecule has 0 spiro atoms. The fraction of sp³-hybridized carbons (Fsp3) is 0.300.